The Morgan fingerprint density at radius 2 is 1.90 bits per heavy atom. The maximum atomic E-state index is 11.9. The molecule has 2 aromatic rings. The van der Waals surface area contributed by atoms with Crippen LogP contribution in [0.2, 0.25) is 0 Å². The van der Waals surface area contributed by atoms with E-state index in [2.05, 4.69) is 10.6 Å². The number of amides is 1. The Morgan fingerprint density at radius 3 is 2.55 bits per heavy atom. The first-order valence-electron chi connectivity index (χ1n) is 6.76. The lowest BCUT2D eigenvalue weighted by molar-refractivity contribution is -0.116. The molecule has 0 aliphatic carbocycles. The molecule has 0 atom stereocenters. The molecule has 1 amide bonds. The molecule has 0 bridgehead atoms. The molecule has 4 nitrogen and oxygen atoms in total. The zero-order valence-corrected chi connectivity index (χ0v) is 11.9. The molecular formula is C16H20N2O2. The Labute approximate surface area is 119 Å². The number of rotatable bonds is 6. The number of para-hydroxylation sites is 1. The van der Waals surface area contributed by atoms with Crippen LogP contribution in [0.1, 0.15) is 23.3 Å². The number of benzene rings is 1. The van der Waals surface area contributed by atoms with E-state index in [9.17, 15) is 4.79 Å². The fraction of sp³-hybridized carbons (Fsp3) is 0.312. The highest BCUT2D eigenvalue weighted by Gasteiger charge is 2.06. The minimum atomic E-state index is 0.0225. The van der Waals surface area contributed by atoms with Crippen molar-refractivity contribution in [1.29, 1.82) is 0 Å². The van der Waals surface area contributed by atoms with Crippen molar-refractivity contribution < 1.29 is 9.21 Å². The fourth-order valence-electron chi connectivity index (χ4n) is 2.04. The van der Waals surface area contributed by atoms with Crippen LogP contribution in [-0.2, 0) is 11.3 Å². The third-order valence-corrected chi connectivity index (χ3v) is 3.15. The summed E-state index contributed by atoms with van der Waals surface area (Å²) in [6.45, 7) is 5.26. The van der Waals surface area contributed by atoms with E-state index < -0.39 is 0 Å². The minimum absolute atomic E-state index is 0.0225. The molecule has 20 heavy (non-hydrogen) atoms. The summed E-state index contributed by atoms with van der Waals surface area (Å²) in [5.74, 6) is 0.898. The zero-order chi connectivity index (χ0) is 14.4. The molecule has 1 heterocycles. The van der Waals surface area contributed by atoms with Crippen LogP contribution in [0.5, 0.6) is 0 Å². The van der Waals surface area contributed by atoms with E-state index in [0.717, 1.165) is 22.6 Å². The summed E-state index contributed by atoms with van der Waals surface area (Å²) < 4.78 is 5.20. The van der Waals surface area contributed by atoms with Gasteiger partial charge < -0.3 is 15.1 Å². The Morgan fingerprint density at radius 1 is 1.15 bits per heavy atom. The van der Waals surface area contributed by atoms with E-state index in [1.165, 1.54) is 0 Å². The lowest BCUT2D eigenvalue weighted by Crippen LogP contribution is -2.22. The topological polar surface area (TPSA) is 54.3 Å². The summed E-state index contributed by atoms with van der Waals surface area (Å²) in [6.07, 6.45) is 2.08. The Balaban J connectivity index is 1.75. The van der Waals surface area contributed by atoms with E-state index in [1.807, 2.05) is 44.2 Å². The molecule has 106 valence electrons. The predicted molar refractivity (Wildman–Crippen MR) is 79.6 cm³/mol. The highest BCUT2D eigenvalue weighted by atomic mass is 16.3. The maximum Gasteiger partial charge on any atom is 0.225 e. The minimum Gasteiger partial charge on any atom is -0.468 e. The van der Waals surface area contributed by atoms with E-state index in [0.29, 0.717) is 19.5 Å². The molecule has 0 aliphatic rings. The van der Waals surface area contributed by atoms with Crippen LogP contribution >= 0.6 is 0 Å². The van der Waals surface area contributed by atoms with E-state index >= 15 is 0 Å². The lowest BCUT2D eigenvalue weighted by Gasteiger charge is -2.11. The second-order valence-corrected chi connectivity index (χ2v) is 4.82. The van der Waals surface area contributed by atoms with Gasteiger partial charge in [-0.15, -0.1) is 0 Å². The van der Waals surface area contributed by atoms with Crippen molar-refractivity contribution >= 4 is 11.6 Å². The van der Waals surface area contributed by atoms with Crippen molar-refractivity contribution in [2.75, 3.05) is 11.9 Å². The summed E-state index contributed by atoms with van der Waals surface area (Å²) in [6, 6.07) is 9.75. The fourth-order valence-corrected chi connectivity index (χ4v) is 2.04. The summed E-state index contributed by atoms with van der Waals surface area (Å²) >= 11 is 0. The molecule has 0 aliphatic heterocycles. The van der Waals surface area contributed by atoms with Crippen LogP contribution in [0.4, 0.5) is 5.69 Å². The van der Waals surface area contributed by atoms with Gasteiger partial charge in [-0.25, -0.2) is 0 Å². The van der Waals surface area contributed by atoms with Crippen LogP contribution in [0.25, 0.3) is 0 Å². The van der Waals surface area contributed by atoms with Crippen LogP contribution in [0.15, 0.2) is 41.0 Å². The maximum absolute atomic E-state index is 11.9. The van der Waals surface area contributed by atoms with Crippen LogP contribution in [0, 0.1) is 13.8 Å². The van der Waals surface area contributed by atoms with Gasteiger partial charge in [0.2, 0.25) is 5.91 Å². The average molecular weight is 272 g/mol. The lowest BCUT2D eigenvalue weighted by atomic mass is 10.1. The summed E-state index contributed by atoms with van der Waals surface area (Å²) in [5, 5.41) is 6.15. The molecule has 0 fully saturated rings. The summed E-state index contributed by atoms with van der Waals surface area (Å²) in [7, 11) is 0. The average Bonchev–Trinajstić information content (AvgIpc) is 2.92. The van der Waals surface area contributed by atoms with E-state index in [4.69, 9.17) is 4.42 Å². The van der Waals surface area contributed by atoms with Crippen LogP contribution in [0.3, 0.4) is 0 Å². The number of aryl methyl sites for hydroxylation is 2. The Bertz CT molecular complexity index is 542. The molecule has 0 spiro atoms. The SMILES string of the molecule is Cc1cccc(C)c1NC(=O)CCNCc1ccco1. The summed E-state index contributed by atoms with van der Waals surface area (Å²) in [4.78, 5) is 11.9. The third kappa shape index (κ3) is 3.96. The van der Waals surface area contributed by atoms with Crippen molar-refractivity contribution in [1.82, 2.24) is 5.32 Å². The largest absolute Gasteiger partial charge is 0.468 e. The van der Waals surface area contributed by atoms with Crippen molar-refractivity contribution in [2.24, 2.45) is 0 Å². The Hall–Kier alpha value is -2.07. The normalized spacial score (nSPS) is 10.5. The second-order valence-electron chi connectivity index (χ2n) is 4.82. The Kier molecular flexibility index (Phi) is 4.96. The molecule has 1 aromatic carbocycles. The number of hydrogen-bond donors (Lipinski definition) is 2. The molecular weight excluding hydrogens is 252 g/mol. The number of carbonyl (C=O) groups excluding carboxylic acids is 1. The first-order chi connectivity index (χ1) is 9.66. The third-order valence-electron chi connectivity index (χ3n) is 3.15. The van der Waals surface area contributed by atoms with Crippen molar-refractivity contribution in [3.63, 3.8) is 0 Å². The van der Waals surface area contributed by atoms with Gasteiger partial charge >= 0.3 is 0 Å². The molecule has 1 aromatic heterocycles. The highest BCUT2D eigenvalue weighted by molar-refractivity contribution is 5.92. The standard InChI is InChI=1S/C16H20N2O2/c1-12-5-3-6-13(2)16(12)18-15(19)8-9-17-11-14-7-4-10-20-14/h3-7,10,17H,8-9,11H2,1-2H3,(H,18,19). The van der Waals surface area contributed by atoms with Gasteiger partial charge in [-0.05, 0) is 37.1 Å². The van der Waals surface area contributed by atoms with Gasteiger partial charge in [-0.1, -0.05) is 18.2 Å². The second kappa shape index (κ2) is 6.91. The zero-order valence-electron chi connectivity index (χ0n) is 11.9. The van der Waals surface area contributed by atoms with Gasteiger partial charge in [-0.2, -0.15) is 0 Å². The number of anilines is 1. The van der Waals surface area contributed by atoms with Gasteiger partial charge in [0, 0.05) is 18.7 Å². The summed E-state index contributed by atoms with van der Waals surface area (Å²) in [5.41, 5.74) is 3.09. The molecule has 0 saturated carbocycles. The van der Waals surface area contributed by atoms with Crippen molar-refractivity contribution in [3.8, 4) is 0 Å². The number of furan rings is 1. The predicted octanol–water partition coefficient (Wildman–Crippen LogP) is 3.01. The van der Waals surface area contributed by atoms with Gasteiger partial charge in [0.15, 0.2) is 0 Å². The quantitative estimate of drug-likeness (QED) is 0.795. The number of carbonyl (C=O) groups is 1. The smallest absolute Gasteiger partial charge is 0.225 e. The molecule has 2 N–H and O–H groups in total. The number of hydrogen-bond acceptors (Lipinski definition) is 3. The van der Waals surface area contributed by atoms with Gasteiger partial charge in [0.05, 0.1) is 12.8 Å². The van der Waals surface area contributed by atoms with Crippen molar-refractivity contribution in [2.45, 2.75) is 26.8 Å². The van der Waals surface area contributed by atoms with Gasteiger partial charge in [-0.3, -0.25) is 4.79 Å². The van der Waals surface area contributed by atoms with Gasteiger partial charge in [0.25, 0.3) is 0 Å². The molecule has 0 saturated heterocycles. The molecule has 0 unspecified atom stereocenters. The highest BCUT2D eigenvalue weighted by Crippen LogP contribution is 2.19. The van der Waals surface area contributed by atoms with Crippen LogP contribution < -0.4 is 10.6 Å². The van der Waals surface area contributed by atoms with Crippen molar-refractivity contribution in [3.05, 3.63) is 53.5 Å². The first-order valence-corrected chi connectivity index (χ1v) is 6.76. The van der Waals surface area contributed by atoms with E-state index in [-0.39, 0.29) is 5.91 Å². The van der Waals surface area contributed by atoms with E-state index in [1.54, 1.807) is 6.26 Å². The number of nitrogens with one attached hydrogen (secondary N) is 2. The molecule has 2 rings (SSSR count). The van der Waals surface area contributed by atoms with Crippen LogP contribution in [-0.4, -0.2) is 12.5 Å². The first kappa shape index (κ1) is 14.3. The molecule has 0 radical (unpaired) electrons. The van der Waals surface area contributed by atoms with Gasteiger partial charge in [0.1, 0.15) is 5.76 Å². The molecule has 4 heteroatoms. The monoisotopic (exact) mass is 272 g/mol.